The van der Waals surface area contributed by atoms with Crippen LogP contribution in [0.25, 0.3) is 0 Å². The van der Waals surface area contributed by atoms with Crippen molar-refractivity contribution in [3.63, 3.8) is 0 Å². The van der Waals surface area contributed by atoms with Crippen LogP contribution in [0.5, 0.6) is 0 Å². The van der Waals surface area contributed by atoms with Crippen LogP contribution in [-0.2, 0) is 4.79 Å². The molecule has 2 rings (SSSR count). The standard InChI is InChI=1S/C11H9BrO3/c12-7-3-1-6(2-4-7)10(13)8-5-9(8)11(14)15/h1-4,8-9H,5H2,(H,14,15)/t8?,9-/m0/s1. The quantitative estimate of drug-likeness (QED) is 0.857. The van der Waals surface area contributed by atoms with Gasteiger partial charge in [0.15, 0.2) is 5.78 Å². The van der Waals surface area contributed by atoms with Gasteiger partial charge in [0, 0.05) is 16.0 Å². The highest BCUT2D eigenvalue weighted by Crippen LogP contribution is 2.41. The van der Waals surface area contributed by atoms with Gasteiger partial charge in [-0.2, -0.15) is 0 Å². The predicted octanol–water partition coefficient (Wildman–Crippen LogP) is 2.35. The van der Waals surface area contributed by atoms with Gasteiger partial charge in [0.2, 0.25) is 0 Å². The maximum atomic E-state index is 11.8. The number of hydrogen-bond acceptors (Lipinski definition) is 2. The first-order valence-corrected chi connectivity index (χ1v) is 5.41. The fraction of sp³-hybridized carbons (Fsp3) is 0.273. The van der Waals surface area contributed by atoms with Gasteiger partial charge in [-0.3, -0.25) is 9.59 Å². The van der Waals surface area contributed by atoms with Gasteiger partial charge < -0.3 is 5.11 Å². The molecule has 0 aromatic heterocycles. The lowest BCUT2D eigenvalue weighted by molar-refractivity contribution is -0.138. The SMILES string of the molecule is O=C(c1ccc(Br)cc1)C1C[C@@H]1C(=O)O. The Balaban J connectivity index is 2.10. The van der Waals surface area contributed by atoms with Crippen molar-refractivity contribution in [1.82, 2.24) is 0 Å². The molecule has 1 unspecified atom stereocenters. The number of aliphatic carboxylic acids is 1. The van der Waals surface area contributed by atoms with Crippen molar-refractivity contribution in [1.29, 1.82) is 0 Å². The summed E-state index contributed by atoms with van der Waals surface area (Å²) in [5.41, 5.74) is 0.590. The van der Waals surface area contributed by atoms with E-state index in [1.807, 2.05) is 0 Å². The molecule has 2 atom stereocenters. The molecule has 1 aliphatic carbocycles. The summed E-state index contributed by atoms with van der Waals surface area (Å²) in [6.07, 6.45) is 0.476. The van der Waals surface area contributed by atoms with E-state index in [0.29, 0.717) is 12.0 Å². The molecule has 1 fully saturated rings. The monoisotopic (exact) mass is 268 g/mol. The fourth-order valence-electron chi connectivity index (χ4n) is 1.59. The van der Waals surface area contributed by atoms with Gasteiger partial charge in [0.25, 0.3) is 0 Å². The minimum Gasteiger partial charge on any atom is -0.481 e. The minimum absolute atomic E-state index is 0.0603. The van der Waals surface area contributed by atoms with Gasteiger partial charge in [-0.05, 0) is 18.6 Å². The molecule has 1 aromatic rings. The zero-order chi connectivity index (χ0) is 11.0. The third kappa shape index (κ3) is 2.09. The number of carbonyl (C=O) groups excluding carboxylic acids is 1. The molecule has 0 radical (unpaired) electrons. The molecular weight excluding hydrogens is 260 g/mol. The predicted molar refractivity (Wildman–Crippen MR) is 57.7 cm³/mol. The average molecular weight is 269 g/mol. The Hall–Kier alpha value is -1.16. The number of carbonyl (C=O) groups is 2. The van der Waals surface area contributed by atoms with E-state index in [-0.39, 0.29) is 11.7 Å². The van der Waals surface area contributed by atoms with E-state index < -0.39 is 11.9 Å². The number of ketones is 1. The number of halogens is 1. The highest BCUT2D eigenvalue weighted by Gasteiger charge is 2.48. The first-order valence-electron chi connectivity index (χ1n) is 4.62. The molecule has 0 amide bonds. The molecule has 4 heteroatoms. The molecule has 0 aliphatic heterocycles. The van der Waals surface area contributed by atoms with Gasteiger partial charge in [0.1, 0.15) is 0 Å². The molecule has 0 saturated heterocycles. The molecule has 0 heterocycles. The van der Waals surface area contributed by atoms with E-state index in [0.717, 1.165) is 4.47 Å². The van der Waals surface area contributed by atoms with Gasteiger partial charge in [-0.1, -0.05) is 28.1 Å². The maximum Gasteiger partial charge on any atom is 0.307 e. The Morgan fingerprint density at radius 3 is 2.27 bits per heavy atom. The van der Waals surface area contributed by atoms with E-state index in [9.17, 15) is 9.59 Å². The molecular formula is C11H9BrO3. The molecule has 0 spiro atoms. The Bertz CT molecular complexity index is 410. The number of rotatable bonds is 3. The Morgan fingerprint density at radius 2 is 1.80 bits per heavy atom. The molecule has 1 saturated carbocycles. The Kier molecular flexibility index (Phi) is 2.61. The summed E-state index contributed by atoms with van der Waals surface area (Å²) in [7, 11) is 0. The van der Waals surface area contributed by atoms with E-state index in [4.69, 9.17) is 5.11 Å². The lowest BCUT2D eigenvalue weighted by atomic mass is 10.1. The van der Waals surface area contributed by atoms with E-state index in [1.165, 1.54) is 0 Å². The van der Waals surface area contributed by atoms with E-state index >= 15 is 0 Å². The van der Waals surface area contributed by atoms with Crippen LogP contribution in [0.2, 0.25) is 0 Å². The summed E-state index contributed by atoms with van der Waals surface area (Å²) in [6.45, 7) is 0. The third-order valence-electron chi connectivity index (χ3n) is 2.57. The smallest absolute Gasteiger partial charge is 0.307 e. The summed E-state index contributed by atoms with van der Waals surface area (Å²) in [6, 6.07) is 6.99. The van der Waals surface area contributed by atoms with Gasteiger partial charge >= 0.3 is 5.97 Å². The lowest BCUT2D eigenvalue weighted by Crippen LogP contribution is -2.07. The summed E-state index contributed by atoms with van der Waals surface area (Å²) >= 11 is 3.28. The lowest BCUT2D eigenvalue weighted by Gasteiger charge is -1.98. The fourth-order valence-corrected chi connectivity index (χ4v) is 1.85. The average Bonchev–Trinajstić information content (AvgIpc) is 2.97. The normalized spacial score (nSPS) is 23.5. The van der Waals surface area contributed by atoms with Crippen molar-refractivity contribution in [3.05, 3.63) is 34.3 Å². The molecule has 1 N–H and O–H groups in total. The van der Waals surface area contributed by atoms with Gasteiger partial charge in [0.05, 0.1) is 5.92 Å². The third-order valence-corrected chi connectivity index (χ3v) is 3.10. The summed E-state index contributed by atoms with van der Waals surface area (Å²) in [5, 5.41) is 8.70. The second-order valence-electron chi connectivity index (χ2n) is 3.66. The molecule has 3 nitrogen and oxygen atoms in total. The largest absolute Gasteiger partial charge is 0.481 e. The van der Waals surface area contributed by atoms with E-state index in [2.05, 4.69) is 15.9 Å². The zero-order valence-corrected chi connectivity index (χ0v) is 9.40. The topological polar surface area (TPSA) is 54.4 Å². The van der Waals surface area contributed by atoms with Crippen molar-refractivity contribution in [3.8, 4) is 0 Å². The van der Waals surface area contributed by atoms with Crippen molar-refractivity contribution in [2.75, 3.05) is 0 Å². The molecule has 0 bridgehead atoms. The van der Waals surface area contributed by atoms with Crippen LogP contribution >= 0.6 is 15.9 Å². The van der Waals surface area contributed by atoms with Crippen molar-refractivity contribution in [2.24, 2.45) is 11.8 Å². The number of carboxylic acids is 1. The summed E-state index contributed by atoms with van der Waals surface area (Å²) < 4.78 is 0.907. The molecule has 1 aliphatic rings. The first-order chi connectivity index (χ1) is 7.09. The summed E-state index contributed by atoms with van der Waals surface area (Å²) in [4.78, 5) is 22.4. The van der Waals surface area contributed by atoms with Crippen LogP contribution in [0.4, 0.5) is 0 Å². The molecule has 78 valence electrons. The summed E-state index contributed by atoms with van der Waals surface area (Å²) in [5.74, 6) is -1.72. The number of Topliss-reactive ketones (excluding diaryl/α,β-unsaturated/α-hetero) is 1. The second-order valence-corrected chi connectivity index (χ2v) is 4.57. The highest BCUT2D eigenvalue weighted by molar-refractivity contribution is 9.10. The van der Waals surface area contributed by atoms with E-state index in [1.54, 1.807) is 24.3 Å². The highest BCUT2D eigenvalue weighted by atomic mass is 79.9. The van der Waals surface area contributed by atoms with Crippen LogP contribution < -0.4 is 0 Å². The van der Waals surface area contributed by atoms with Crippen LogP contribution in [0, 0.1) is 11.8 Å². The number of hydrogen-bond donors (Lipinski definition) is 1. The van der Waals surface area contributed by atoms with Crippen LogP contribution in [0.15, 0.2) is 28.7 Å². The maximum absolute atomic E-state index is 11.8. The first kappa shape index (κ1) is 10.4. The zero-order valence-electron chi connectivity index (χ0n) is 7.81. The number of carboxylic acid groups (broad SMARTS) is 1. The minimum atomic E-state index is -0.870. The van der Waals surface area contributed by atoms with Crippen molar-refractivity contribution in [2.45, 2.75) is 6.42 Å². The Morgan fingerprint density at radius 1 is 1.20 bits per heavy atom. The Labute approximate surface area is 95.2 Å². The van der Waals surface area contributed by atoms with Crippen LogP contribution in [-0.4, -0.2) is 16.9 Å². The molecule has 15 heavy (non-hydrogen) atoms. The van der Waals surface area contributed by atoms with Crippen LogP contribution in [0.1, 0.15) is 16.8 Å². The van der Waals surface area contributed by atoms with Gasteiger partial charge in [-0.25, -0.2) is 0 Å². The van der Waals surface area contributed by atoms with Gasteiger partial charge in [-0.15, -0.1) is 0 Å². The van der Waals surface area contributed by atoms with Crippen molar-refractivity contribution >= 4 is 27.7 Å². The number of benzene rings is 1. The van der Waals surface area contributed by atoms with Crippen LogP contribution in [0.3, 0.4) is 0 Å². The van der Waals surface area contributed by atoms with Crippen molar-refractivity contribution < 1.29 is 14.7 Å². The molecule has 1 aromatic carbocycles. The second kappa shape index (κ2) is 3.77.